The van der Waals surface area contributed by atoms with E-state index >= 15 is 0 Å². The SMILES string of the molecule is CCCNC(=O)c1nn2c(C)nnc2s1. The van der Waals surface area contributed by atoms with Crippen LogP contribution in [0.25, 0.3) is 4.96 Å². The van der Waals surface area contributed by atoms with E-state index in [1.54, 1.807) is 11.4 Å². The Hall–Kier alpha value is -1.50. The third-order valence-electron chi connectivity index (χ3n) is 1.88. The van der Waals surface area contributed by atoms with Crippen molar-refractivity contribution in [1.82, 2.24) is 25.1 Å². The minimum Gasteiger partial charge on any atom is -0.350 e. The lowest BCUT2D eigenvalue weighted by Crippen LogP contribution is -2.23. The minimum atomic E-state index is -0.147. The fourth-order valence-electron chi connectivity index (χ4n) is 1.12. The van der Waals surface area contributed by atoms with Crippen molar-refractivity contribution in [2.75, 3.05) is 6.54 Å². The van der Waals surface area contributed by atoms with Crippen molar-refractivity contribution >= 4 is 22.2 Å². The van der Waals surface area contributed by atoms with E-state index in [1.165, 1.54) is 11.3 Å². The fraction of sp³-hybridized carbons (Fsp3) is 0.500. The molecule has 0 unspecified atom stereocenters. The molecule has 6 nitrogen and oxygen atoms in total. The number of carbonyl (C=O) groups excluding carboxylic acids is 1. The van der Waals surface area contributed by atoms with Gasteiger partial charge in [0, 0.05) is 6.54 Å². The summed E-state index contributed by atoms with van der Waals surface area (Å²) in [5, 5.41) is 15.1. The number of aromatic nitrogens is 4. The molecule has 1 amide bonds. The number of amides is 1. The molecule has 80 valence electrons. The van der Waals surface area contributed by atoms with Crippen molar-refractivity contribution in [1.29, 1.82) is 0 Å². The number of nitrogens with one attached hydrogen (secondary N) is 1. The number of hydrogen-bond donors (Lipinski definition) is 1. The number of nitrogens with zero attached hydrogens (tertiary/aromatic N) is 4. The van der Waals surface area contributed by atoms with Crippen molar-refractivity contribution in [3.8, 4) is 0 Å². The molecule has 7 heteroatoms. The maximum atomic E-state index is 11.6. The van der Waals surface area contributed by atoms with Crippen LogP contribution in [0.2, 0.25) is 0 Å². The van der Waals surface area contributed by atoms with Crippen LogP contribution in [0.1, 0.15) is 29.0 Å². The molecule has 2 aromatic rings. The van der Waals surface area contributed by atoms with Crippen LogP contribution < -0.4 is 5.32 Å². The number of aryl methyl sites for hydroxylation is 1. The Balaban J connectivity index is 2.24. The topological polar surface area (TPSA) is 72.2 Å². The summed E-state index contributed by atoms with van der Waals surface area (Å²) < 4.78 is 1.57. The van der Waals surface area contributed by atoms with Crippen molar-refractivity contribution < 1.29 is 4.79 Å². The summed E-state index contributed by atoms with van der Waals surface area (Å²) >= 11 is 1.24. The Morgan fingerprint density at radius 3 is 3.00 bits per heavy atom. The lowest BCUT2D eigenvalue weighted by Gasteiger charge is -1.97. The van der Waals surface area contributed by atoms with E-state index in [-0.39, 0.29) is 5.91 Å². The molecule has 2 aromatic heterocycles. The second-order valence-corrected chi connectivity index (χ2v) is 4.06. The zero-order chi connectivity index (χ0) is 10.8. The molecule has 2 rings (SSSR count). The highest BCUT2D eigenvalue weighted by Gasteiger charge is 2.14. The normalized spacial score (nSPS) is 10.8. The van der Waals surface area contributed by atoms with Gasteiger partial charge in [-0.2, -0.15) is 4.52 Å². The van der Waals surface area contributed by atoms with Gasteiger partial charge >= 0.3 is 0 Å². The highest BCUT2D eigenvalue weighted by Crippen LogP contribution is 2.13. The molecule has 0 saturated carbocycles. The van der Waals surface area contributed by atoms with Gasteiger partial charge < -0.3 is 5.32 Å². The lowest BCUT2D eigenvalue weighted by atomic mass is 10.5. The van der Waals surface area contributed by atoms with Gasteiger partial charge in [0.2, 0.25) is 9.97 Å². The van der Waals surface area contributed by atoms with Gasteiger partial charge in [-0.05, 0) is 13.3 Å². The Kier molecular flexibility index (Phi) is 2.63. The van der Waals surface area contributed by atoms with E-state index in [1.807, 2.05) is 6.92 Å². The van der Waals surface area contributed by atoms with Crippen molar-refractivity contribution in [2.24, 2.45) is 0 Å². The molecule has 0 saturated heterocycles. The average molecular weight is 225 g/mol. The quantitative estimate of drug-likeness (QED) is 0.831. The van der Waals surface area contributed by atoms with Crippen LogP contribution >= 0.6 is 11.3 Å². The van der Waals surface area contributed by atoms with Gasteiger partial charge in [-0.15, -0.1) is 15.3 Å². The summed E-state index contributed by atoms with van der Waals surface area (Å²) in [5.74, 6) is 0.544. The van der Waals surface area contributed by atoms with Crippen LogP contribution in [0.4, 0.5) is 0 Å². The Morgan fingerprint density at radius 2 is 2.33 bits per heavy atom. The van der Waals surface area contributed by atoms with E-state index in [9.17, 15) is 4.79 Å². The van der Waals surface area contributed by atoms with Crippen LogP contribution in [0.3, 0.4) is 0 Å². The molecule has 15 heavy (non-hydrogen) atoms. The Morgan fingerprint density at radius 1 is 1.53 bits per heavy atom. The van der Waals surface area contributed by atoms with E-state index in [0.717, 1.165) is 6.42 Å². The van der Waals surface area contributed by atoms with E-state index < -0.39 is 0 Å². The minimum absolute atomic E-state index is 0.147. The molecule has 2 heterocycles. The van der Waals surface area contributed by atoms with E-state index in [0.29, 0.717) is 22.3 Å². The van der Waals surface area contributed by atoms with Gasteiger partial charge in [-0.25, -0.2) is 0 Å². The van der Waals surface area contributed by atoms with Crippen molar-refractivity contribution in [3.63, 3.8) is 0 Å². The second kappa shape index (κ2) is 3.93. The van der Waals surface area contributed by atoms with E-state index in [4.69, 9.17) is 0 Å². The summed E-state index contributed by atoms with van der Waals surface area (Å²) in [4.78, 5) is 12.2. The third kappa shape index (κ3) is 1.82. The molecule has 0 aliphatic carbocycles. The monoisotopic (exact) mass is 225 g/mol. The summed E-state index contributed by atoms with van der Waals surface area (Å²) in [5.41, 5.74) is 0. The molecule has 1 N–H and O–H groups in total. The Labute approximate surface area is 90.3 Å². The molecule has 0 aromatic carbocycles. The Bertz CT molecular complexity index is 488. The van der Waals surface area contributed by atoms with Crippen LogP contribution in [0.15, 0.2) is 0 Å². The second-order valence-electron chi connectivity index (χ2n) is 3.10. The maximum Gasteiger partial charge on any atom is 0.282 e. The van der Waals surface area contributed by atoms with Gasteiger partial charge in [0.15, 0.2) is 5.82 Å². The summed E-state index contributed by atoms with van der Waals surface area (Å²) in [6, 6.07) is 0. The first-order chi connectivity index (χ1) is 7.22. The van der Waals surface area contributed by atoms with E-state index in [2.05, 4.69) is 20.6 Å². The number of hydrogen-bond acceptors (Lipinski definition) is 5. The third-order valence-corrected chi connectivity index (χ3v) is 2.77. The molecule has 0 aliphatic heterocycles. The summed E-state index contributed by atoms with van der Waals surface area (Å²) in [7, 11) is 0. The van der Waals surface area contributed by atoms with Crippen molar-refractivity contribution in [3.05, 3.63) is 10.8 Å². The van der Waals surface area contributed by atoms with Gasteiger partial charge in [0.25, 0.3) is 5.91 Å². The van der Waals surface area contributed by atoms with Gasteiger partial charge in [-0.1, -0.05) is 18.3 Å². The molecular formula is C8H11N5OS. The first kappa shape index (κ1) is 10.0. The van der Waals surface area contributed by atoms with Crippen LogP contribution in [0.5, 0.6) is 0 Å². The summed E-state index contributed by atoms with van der Waals surface area (Å²) in [6.45, 7) is 4.47. The van der Waals surface area contributed by atoms with Crippen LogP contribution in [-0.4, -0.2) is 32.3 Å². The van der Waals surface area contributed by atoms with Gasteiger partial charge in [0.05, 0.1) is 0 Å². The number of carbonyl (C=O) groups is 1. The molecule has 0 bridgehead atoms. The maximum absolute atomic E-state index is 11.6. The lowest BCUT2D eigenvalue weighted by molar-refractivity contribution is 0.0952. The van der Waals surface area contributed by atoms with Crippen LogP contribution in [-0.2, 0) is 0 Å². The van der Waals surface area contributed by atoms with Gasteiger partial charge in [-0.3, -0.25) is 4.79 Å². The number of rotatable bonds is 3. The molecule has 0 spiro atoms. The standard InChI is InChI=1S/C8H11N5OS/c1-3-4-9-6(14)7-12-13-5(2)10-11-8(13)15-7/h3-4H2,1-2H3,(H,9,14). The summed E-state index contributed by atoms with van der Waals surface area (Å²) in [6.07, 6.45) is 0.912. The van der Waals surface area contributed by atoms with Crippen molar-refractivity contribution in [2.45, 2.75) is 20.3 Å². The van der Waals surface area contributed by atoms with Gasteiger partial charge in [0.1, 0.15) is 0 Å². The first-order valence-electron chi connectivity index (χ1n) is 4.69. The predicted molar refractivity (Wildman–Crippen MR) is 56.0 cm³/mol. The molecule has 0 radical (unpaired) electrons. The molecule has 0 fully saturated rings. The molecular weight excluding hydrogens is 214 g/mol. The first-order valence-corrected chi connectivity index (χ1v) is 5.51. The zero-order valence-corrected chi connectivity index (χ0v) is 9.34. The highest BCUT2D eigenvalue weighted by atomic mass is 32.1. The molecule has 0 aliphatic rings. The molecule has 0 atom stereocenters. The highest BCUT2D eigenvalue weighted by molar-refractivity contribution is 7.18. The average Bonchev–Trinajstić information content (AvgIpc) is 2.78. The fourth-order valence-corrected chi connectivity index (χ4v) is 1.92. The predicted octanol–water partition coefficient (Wildman–Crippen LogP) is 0.634. The number of fused-ring (bicyclic) bond motifs is 1. The smallest absolute Gasteiger partial charge is 0.282 e. The zero-order valence-electron chi connectivity index (χ0n) is 8.52. The van der Waals surface area contributed by atoms with Crippen LogP contribution in [0, 0.1) is 6.92 Å². The largest absolute Gasteiger partial charge is 0.350 e.